The van der Waals surface area contributed by atoms with Gasteiger partial charge in [0.05, 0.1) is 33.6 Å². The number of hydrogen-bond donors (Lipinski definition) is 4. The molecule has 0 aliphatic rings. The van der Waals surface area contributed by atoms with E-state index in [9.17, 15) is 28.7 Å². The van der Waals surface area contributed by atoms with E-state index >= 15 is 0 Å². The molecule has 0 bridgehead atoms. The van der Waals surface area contributed by atoms with Crippen molar-refractivity contribution in [2.24, 2.45) is 20.2 Å². The van der Waals surface area contributed by atoms with Gasteiger partial charge in [0.15, 0.2) is 18.2 Å². The summed E-state index contributed by atoms with van der Waals surface area (Å²) in [6, 6.07) is 49.3. The van der Waals surface area contributed by atoms with Gasteiger partial charge >= 0.3 is 29.3 Å². The third-order valence-electron chi connectivity index (χ3n) is 9.91. The van der Waals surface area contributed by atoms with Gasteiger partial charge in [-0.3, -0.25) is 27.8 Å². The summed E-state index contributed by atoms with van der Waals surface area (Å²) in [4.78, 5) is 45.8. The Morgan fingerprint density at radius 3 is 1.48 bits per heavy atom. The molecule has 0 saturated heterocycles. The first kappa shape index (κ1) is 54.6. The van der Waals surface area contributed by atoms with Crippen LogP contribution in [0.3, 0.4) is 0 Å². The van der Waals surface area contributed by atoms with Crippen molar-refractivity contribution in [3.8, 4) is 23.0 Å². The molecule has 0 fully saturated rings. The Labute approximate surface area is 422 Å². The molecule has 2 atom stereocenters. The Hall–Kier alpha value is -5.70. The van der Waals surface area contributed by atoms with Gasteiger partial charge in [0.25, 0.3) is 0 Å². The summed E-state index contributed by atoms with van der Waals surface area (Å²) in [6.07, 6.45) is 2.06. The summed E-state index contributed by atoms with van der Waals surface area (Å²) in [6.45, 7) is 0.0802. The Morgan fingerprint density at radius 1 is 0.606 bits per heavy atom. The van der Waals surface area contributed by atoms with Crippen LogP contribution in [0.1, 0.15) is 16.7 Å². The second kappa shape index (κ2) is 26.1. The molecule has 0 aliphatic heterocycles. The average molecular weight is 1090 g/mol. The van der Waals surface area contributed by atoms with E-state index in [0.29, 0.717) is 23.0 Å². The van der Waals surface area contributed by atoms with Gasteiger partial charge in [0.1, 0.15) is 29.3 Å². The van der Waals surface area contributed by atoms with Crippen LogP contribution in [0.2, 0.25) is 0 Å². The van der Waals surface area contributed by atoms with Gasteiger partial charge in [0, 0.05) is 27.4 Å². The molecule has 0 heterocycles. The Bertz CT molecular complexity index is 2940. The van der Waals surface area contributed by atoms with Crippen molar-refractivity contribution in [2.75, 3.05) is 39.9 Å². The molecule has 6 aromatic rings. The highest BCUT2D eigenvalue weighted by Gasteiger charge is 2.29. The van der Waals surface area contributed by atoms with Crippen molar-refractivity contribution >= 4 is 88.4 Å². The van der Waals surface area contributed by atoms with Crippen molar-refractivity contribution in [2.45, 2.75) is 6.42 Å². The average Bonchev–Trinajstić information content (AvgIpc) is 3.36. The second-order valence-corrected chi connectivity index (χ2v) is 25.8. The van der Waals surface area contributed by atoms with Gasteiger partial charge in [-0.15, -0.1) is 10.2 Å². The van der Waals surface area contributed by atoms with Gasteiger partial charge in [-0.05, 0) is 114 Å². The van der Waals surface area contributed by atoms with Gasteiger partial charge in [-0.25, -0.2) is 0 Å². The van der Waals surface area contributed by atoms with E-state index in [-0.39, 0.29) is 19.7 Å². The zero-order valence-electron chi connectivity index (χ0n) is 38.0. The number of azide groups is 1. The maximum absolute atomic E-state index is 11.5. The van der Waals surface area contributed by atoms with Crippen molar-refractivity contribution < 1.29 is 47.3 Å². The van der Waals surface area contributed by atoms with E-state index in [0.717, 1.165) is 37.5 Å². The summed E-state index contributed by atoms with van der Waals surface area (Å²) >= 11 is 11.3. The normalized spacial score (nSPS) is 12.3. The molecule has 6 aromatic carbocycles. The van der Waals surface area contributed by atoms with Gasteiger partial charge in [-0.2, -0.15) is 0 Å². The van der Waals surface area contributed by atoms with Crippen LogP contribution in [0.15, 0.2) is 178 Å². The molecule has 0 aromatic heterocycles. The van der Waals surface area contributed by atoms with Crippen LogP contribution in [0.5, 0.6) is 23.0 Å². The molecular weight excluding hydrogens is 1050 g/mol. The summed E-state index contributed by atoms with van der Waals surface area (Å²) in [5.74, 6) is 2.07. The molecule has 19 nitrogen and oxygen atoms in total. The van der Waals surface area contributed by atoms with Crippen molar-refractivity contribution in [1.29, 1.82) is 0 Å². The lowest BCUT2D eigenvalue weighted by Gasteiger charge is -2.27. The first-order valence-electron chi connectivity index (χ1n) is 21.1. The lowest BCUT2D eigenvalue weighted by molar-refractivity contribution is 0.279. The quantitative estimate of drug-likeness (QED) is 0.0104. The van der Waals surface area contributed by atoms with Crippen LogP contribution in [-0.2, 0) is 39.2 Å². The number of benzene rings is 6. The second-order valence-electron chi connectivity index (χ2n) is 15.1. The van der Waals surface area contributed by atoms with E-state index in [4.69, 9.17) is 52.5 Å². The molecule has 4 N–H and O–H groups in total. The van der Waals surface area contributed by atoms with E-state index in [1.165, 1.54) is 0 Å². The summed E-state index contributed by atoms with van der Waals surface area (Å²) < 4.78 is 49.9. The molecule has 71 heavy (non-hydrogen) atoms. The lowest BCUT2D eigenvalue weighted by atomic mass is 10.1. The molecule has 6 rings (SSSR count). The van der Waals surface area contributed by atoms with Crippen LogP contribution >= 0.6 is 36.4 Å². The third kappa shape index (κ3) is 17.2. The molecule has 368 valence electrons. The first-order chi connectivity index (χ1) is 34.0. The molecule has 26 heteroatoms. The molecule has 0 saturated carbocycles. The fraction of sp³-hybridized carbons (Fsp3) is 0.156. The van der Waals surface area contributed by atoms with Gasteiger partial charge < -0.3 is 29.1 Å². The number of rotatable bonds is 25. The van der Waals surface area contributed by atoms with E-state index in [2.05, 4.69) is 44.7 Å². The predicted octanol–water partition coefficient (Wildman–Crippen LogP) is 9.16. The highest BCUT2D eigenvalue weighted by molar-refractivity contribution is 8.02. The summed E-state index contributed by atoms with van der Waals surface area (Å²) in [5.41, 5.74) is 10.8. The SMILES string of the molecule is CN(N=Cc1ccc(OCN=P(c2ccccc2)(c2ccccc2)c2ccc(O[P+](=S)N(C)N=Cc3ccc(ON=[N+]=[N-])cc3)cc2)cc1)[P+](=S)Oc1ccc(CCN(CP(=O)(O)O)CP(=O)(O)O)cc1. The van der Waals surface area contributed by atoms with E-state index < -0.39 is 49.0 Å². The number of nitrogens with zero attached hydrogens (tertiary/aromatic N) is 9. The monoisotopic (exact) mass is 1090 g/mol. The molecule has 2 unspecified atom stereocenters. The molecule has 0 aliphatic carbocycles. The minimum absolute atomic E-state index is 0.0246. The Kier molecular flexibility index (Phi) is 20.1. The van der Waals surface area contributed by atoms with Crippen molar-refractivity contribution in [3.63, 3.8) is 0 Å². The number of ether oxygens (including phenoxy) is 1. The Morgan fingerprint density at radius 2 is 1.03 bits per heavy atom. The van der Waals surface area contributed by atoms with Gasteiger partial charge in [0.2, 0.25) is 23.6 Å². The maximum atomic E-state index is 11.5. The van der Waals surface area contributed by atoms with Crippen LogP contribution in [0, 0.1) is 0 Å². The van der Waals surface area contributed by atoms with Gasteiger partial charge in [-0.1, -0.05) is 82.4 Å². The largest absolute Gasteiger partial charge is 0.540 e. The van der Waals surface area contributed by atoms with E-state index in [1.807, 2.05) is 84.9 Å². The predicted molar refractivity (Wildman–Crippen MR) is 287 cm³/mol. The fourth-order valence-electron chi connectivity index (χ4n) is 6.62. The molecule has 0 radical (unpaired) electrons. The fourth-order valence-corrected chi connectivity index (χ4v) is 13.6. The summed E-state index contributed by atoms with van der Waals surface area (Å²) in [5, 5.41) is 15.1. The Balaban J connectivity index is 1.09. The van der Waals surface area contributed by atoms with Crippen LogP contribution in [0.25, 0.3) is 10.4 Å². The maximum Gasteiger partial charge on any atom is 0.540 e. The zero-order valence-corrected chi connectivity index (χ0v) is 44.1. The standard InChI is InChI=1S/C45H46N9O10P5S2/c1-52(65(70)63-41-23-13-36(14-24-41)29-30-54(34-67(55,56)57)35-68(58,59)60)47-31-37-15-19-39(20-16-37)61-33-49-69(43-9-5-3-6-10-43,44-11-7-4-8-12-44)45-27-25-42(26-28-45)64-66(71)53(2)48-32-38-17-21-40(22-18-38)62-51-50-46/h3-28,31-32H,29-30,33-35H2,1-2H3,(H2-2,55,56,57,58,59,60)/p+2. The minimum Gasteiger partial charge on any atom is -0.471 e. The molecular formula is C45H48N9O10P5S2+2. The van der Waals surface area contributed by atoms with Crippen molar-refractivity contribution in [1.82, 2.24) is 14.5 Å². The highest BCUT2D eigenvalue weighted by Crippen LogP contribution is 2.47. The minimum atomic E-state index is -4.53. The number of hydrazone groups is 2. The van der Waals surface area contributed by atoms with Crippen LogP contribution in [0.4, 0.5) is 0 Å². The molecule has 0 spiro atoms. The highest BCUT2D eigenvalue weighted by atomic mass is 32.4. The topological polar surface area (TPSA) is 248 Å². The summed E-state index contributed by atoms with van der Waals surface area (Å²) in [7, 11) is -11.4. The lowest BCUT2D eigenvalue weighted by Crippen LogP contribution is -2.28. The number of hydrogen-bond acceptors (Lipinski definition) is 13. The first-order valence-corrected chi connectivity index (χ1v) is 30.9. The molecule has 0 amide bonds. The smallest absolute Gasteiger partial charge is 0.471 e. The van der Waals surface area contributed by atoms with E-state index in [1.54, 1.807) is 84.6 Å². The third-order valence-corrected chi connectivity index (χ3v) is 18.9. The van der Waals surface area contributed by atoms with Crippen molar-refractivity contribution in [3.05, 3.63) is 185 Å². The zero-order chi connectivity index (χ0) is 50.9. The van der Waals surface area contributed by atoms with Crippen LogP contribution < -0.4 is 34.5 Å². The van der Waals surface area contributed by atoms with Crippen LogP contribution in [-0.4, -0.2) is 86.4 Å².